The van der Waals surface area contributed by atoms with Crippen LogP contribution in [0.1, 0.15) is 17.2 Å². The quantitative estimate of drug-likeness (QED) is 0.920. The first-order chi connectivity index (χ1) is 10.3. The number of nitrogens with two attached hydrogens (primary N) is 1. The zero-order chi connectivity index (χ0) is 14.2. The lowest BCUT2D eigenvalue weighted by Crippen LogP contribution is -2.39. The second kappa shape index (κ2) is 4.97. The van der Waals surface area contributed by atoms with E-state index in [0.717, 1.165) is 35.8 Å². The highest BCUT2D eigenvalue weighted by molar-refractivity contribution is 5.47. The van der Waals surface area contributed by atoms with Gasteiger partial charge in [0, 0.05) is 12.0 Å². The third-order valence-corrected chi connectivity index (χ3v) is 4.04. The van der Waals surface area contributed by atoms with E-state index in [1.165, 1.54) is 5.56 Å². The van der Waals surface area contributed by atoms with Gasteiger partial charge in [-0.1, -0.05) is 30.3 Å². The molecule has 0 fully saturated rings. The van der Waals surface area contributed by atoms with Crippen molar-refractivity contribution >= 4 is 0 Å². The summed E-state index contributed by atoms with van der Waals surface area (Å²) in [6.07, 6.45) is 0.733. The number of ether oxygens (including phenoxy) is 3. The van der Waals surface area contributed by atoms with Crippen LogP contribution in [0.25, 0.3) is 0 Å². The molecular formula is C17H17NO3. The number of para-hydroxylation sites is 3. The van der Waals surface area contributed by atoms with Crippen LogP contribution in [0.2, 0.25) is 0 Å². The molecule has 0 radical (unpaired) electrons. The van der Waals surface area contributed by atoms with Crippen LogP contribution in [0.4, 0.5) is 0 Å². The van der Waals surface area contributed by atoms with E-state index in [2.05, 4.69) is 6.07 Å². The van der Waals surface area contributed by atoms with Gasteiger partial charge in [0.25, 0.3) is 0 Å². The Labute approximate surface area is 123 Å². The molecule has 2 aliphatic heterocycles. The molecule has 0 saturated carbocycles. The molecule has 4 nitrogen and oxygen atoms in total. The summed E-state index contributed by atoms with van der Waals surface area (Å²) in [6.45, 7) is 1.17. The van der Waals surface area contributed by atoms with E-state index in [1.54, 1.807) is 0 Å². The van der Waals surface area contributed by atoms with Gasteiger partial charge in [-0.15, -0.1) is 0 Å². The summed E-state index contributed by atoms with van der Waals surface area (Å²) >= 11 is 0. The minimum absolute atomic E-state index is 0.212. The van der Waals surface area contributed by atoms with Crippen LogP contribution in [0, 0.1) is 0 Å². The van der Waals surface area contributed by atoms with Gasteiger partial charge in [-0.3, -0.25) is 0 Å². The first-order valence-electron chi connectivity index (χ1n) is 7.21. The summed E-state index contributed by atoms with van der Waals surface area (Å²) in [5, 5.41) is 0. The molecule has 2 N–H and O–H groups in total. The first-order valence-corrected chi connectivity index (χ1v) is 7.21. The predicted molar refractivity (Wildman–Crippen MR) is 78.9 cm³/mol. The fourth-order valence-electron chi connectivity index (χ4n) is 2.92. The van der Waals surface area contributed by atoms with Gasteiger partial charge in [-0.25, -0.2) is 0 Å². The Kier molecular flexibility index (Phi) is 2.97. The fraction of sp³-hybridized carbons (Fsp3) is 0.294. The Balaban J connectivity index is 1.62. The maximum Gasteiger partial charge on any atom is 0.161 e. The molecule has 21 heavy (non-hydrogen) atoms. The molecule has 0 aliphatic carbocycles. The summed E-state index contributed by atoms with van der Waals surface area (Å²) in [5.41, 5.74) is 8.64. The van der Waals surface area contributed by atoms with Crippen LogP contribution in [0.15, 0.2) is 42.5 Å². The van der Waals surface area contributed by atoms with Crippen molar-refractivity contribution in [3.63, 3.8) is 0 Å². The summed E-state index contributed by atoms with van der Waals surface area (Å²) in [6, 6.07) is 13.5. The molecule has 2 aromatic rings. The average molecular weight is 283 g/mol. The monoisotopic (exact) mass is 283 g/mol. The van der Waals surface area contributed by atoms with Crippen LogP contribution in [0.3, 0.4) is 0 Å². The van der Waals surface area contributed by atoms with E-state index in [0.29, 0.717) is 6.61 Å². The number of hydrogen-bond donors (Lipinski definition) is 1. The Morgan fingerprint density at radius 3 is 2.76 bits per heavy atom. The van der Waals surface area contributed by atoms with Gasteiger partial charge in [-0.05, 0) is 17.7 Å². The number of fused-ring (bicyclic) bond motifs is 2. The summed E-state index contributed by atoms with van der Waals surface area (Å²) in [4.78, 5) is 0. The van der Waals surface area contributed by atoms with Gasteiger partial charge in [0.05, 0.1) is 12.6 Å². The van der Waals surface area contributed by atoms with Crippen molar-refractivity contribution in [1.29, 1.82) is 0 Å². The molecule has 0 bridgehead atoms. The molecule has 0 saturated heterocycles. The Morgan fingerprint density at radius 1 is 1.00 bits per heavy atom. The predicted octanol–water partition coefficient (Wildman–Crippen LogP) is 2.46. The van der Waals surface area contributed by atoms with Gasteiger partial charge in [-0.2, -0.15) is 0 Å². The minimum atomic E-state index is -0.272. The van der Waals surface area contributed by atoms with Gasteiger partial charge in [0.1, 0.15) is 12.4 Å². The molecule has 0 aromatic heterocycles. The van der Waals surface area contributed by atoms with Crippen molar-refractivity contribution in [3.8, 4) is 17.2 Å². The van der Waals surface area contributed by atoms with Gasteiger partial charge < -0.3 is 19.9 Å². The summed E-state index contributed by atoms with van der Waals surface area (Å²) < 4.78 is 17.5. The Bertz CT molecular complexity index is 671. The van der Waals surface area contributed by atoms with Crippen molar-refractivity contribution in [1.82, 2.24) is 0 Å². The maximum absolute atomic E-state index is 6.41. The number of rotatable bonds is 2. The van der Waals surface area contributed by atoms with Crippen LogP contribution in [0.5, 0.6) is 17.2 Å². The highest BCUT2D eigenvalue weighted by Gasteiger charge is 2.30. The molecule has 0 amide bonds. The highest BCUT2D eigenvalue weighted by Crippen LogP contribution is 2.38. The first kappa shape index (κ1) is 12.5. The van der Waals surface area contributed by atoms with Crippen molar-refractivity contribution in [2.24, 2.45) is 5.73 Å². The lowest BCUT2D eigenvalue weighted by molar-refractivity contribution is 0.0715. The van der Waals surface area contributed by atoms with Gasteiger partial charge in [0.2, 0.25) is 0 Å². The van der Waals surface area contributed by atoms with Gasteiger partial charge >= 0.3 is 0 Å². The van der Waals surface area contributed by atoms with E-state index in [9.17, 15) is 0 Å². The number of benzene rings is 2. The topological polar surface area (TPSA) is 53.7 Å². The number of hydrogen-bond acceptors (Lipinski definition) is 4. The van der Waals surface area contributed by atoms with E-state index in [-0.39, 0.29) is 12.1 Å². The molecule has 2 heterocycles. The van der Waals surface area contributed by atoms with Crippen molar-refractivity contribution < 1.29 is 14.2 Å². The van der Waals surface area contributed by atoms with E-state index < -0.39 is 0 Å². The van der Waals surface area contributed by atoms with Crippen molar-refractivity contribution in [2.75, 3.05) is 13.2 Å². The van der Waals surface area contributed by atoms with Gasteiger partial charge in [0.15, 0.2) is 17.6 Å². The van der Waals surface area contributed by atoms with Crippen LogP contribution in [-0.2, 0) is 6.42 Å². The molecule has 4 heteroatoms. The van der Waals surface area contributed by atoms with Crippen molar-refractivity contribution in [2.45, 2.75) is 18.6 Å². The van der Waals surface area contributed by atoms with Crippen LogP contribution < -0.4 is 19.9 Å². The Morgan fingerprint density at radius 2 is 1.86 bits per heavy atom. The molecule has 2 aliphatic rings. The van der Waals surface area contributed by atoms with E-state index in [4.69, 9.17) is 19.9 Å². The second-order valence-electron chi connectivity index (χ2n) is 5.37. The third kappa shape index (κ3) is 2.12. The van der Waals surface area contributed by atoms with Crippen molar-refractivity contribution in [3.05, 3.63) is 53.6 Å². The fourth-order valence-corrected chi connectivity index (χ4v) is 2.92. The maximum atomic E-state index is 6.41. The molecule has 2 atom stereocenters. The summed E-state index contributed by atoms with van der Waals surface area (Å²) in [5.74, 6) is 2.45. The van der Waals surface area contributed by atoms with Crippen LogP contribution >= 0.6 is 0 Å². The molecule has 4 rings (SSSR count). The third-order valence-electron chi connectivity index (χ3n) is 4.04. The second-order valence-corrected chi connectivity index (χ2v) is 5.37. The molecule has 108 valence electrons. The largest absolute Gasteiger partial charge is 0.493 e. The smallest absolute Gasteiger partial charge is 0.161 e. The normalized spacial score (nSPS) is 20.5. The molecule has 2 unspecified atom stereocenters. The van der Waals surface area contributed by atoms with E-state index >= 15 is 0 Å². The SMILES string of the molecule is NC(c1cccc2c1OCC2)C1COc2ccccc2O1. The lowest BCUT2D eigenvalue weighted by atomic mass is 9.98. The standard InChI is InChI=1S/C17H17NO3/c18-16(12-5-3-4-11-8-9-19-17(11)12)15-10-20-13-6-1-2-7-14(13)21-15/h1-7,15-16H,8-10,18H2. The molecule has 2 aromatic carbocycles. The molecular weight excluding hydrogens is 266 g/mol. The summed E-state index contributed by atoms with van der Waals surface area (Å²) in [7, 11) is 0. The zero-order valence-electron chi connectivity index (χ0n) is 11.6. The van der Waals surface area contributed by atoms with Crippen LogP contribution in [-0.4, -0.2) is 19.3 Å². The Hall–Kier alpha value is -2.20. The average Bonchev–Trinajstić information content (AvgIpc) is 3.02. The zero-order valence-corrected chi connectivity index (χ0v) is 11.6. The minimum Gasteiger partial charge on any atom is -0.493 e. The lowest BCUT2D eigenvalue weighted by Gasteiger charge is -2.31. The van der Waals surface area contributed by atoms with E-state index in [1.807, 2.05) is 36.4 Å². The molecule has 0 spiro atoms. The highest BCUT2D eigenvalue weighted by atomic mass is 16.6.